The van der Waals surface area contributed by atoms with Gasteiger partial charge in [0.05, 0.1) is 19.4 Å². The molecule has 1 N–H and O–H groups in total. The van der Waals surface area contributed by atoms with Crippen LogP contribution in [0, 0.1) is 0 Å². The van der Waals surface area contributed by atoms with Gasteiger partial charge in [-0.1, -0.05) is 6.92 Å². The number of nitrogens with zero attached hydrogens (tertiary/aromatic N) is 3. The molecule has 1 fully saturated rings. The van der Waals surface area contributed by atoms with Gasteiger partial charge in [0.2, 0.25) is 0 Å². The fourth-order valence-corrected chi connectivity index (χ4v) is 2.13. The molecule has 0 spiro atoms. The van der Waals surface area contributed by atoms with Crippen LogP contribution >= 0.6 is 0 Å². The minimum Gasteiger partial charge on any atom is -0.480 e. The number of carboxylic acid groups (broad SMARTS) is 1. The smallest absolute Gasteiger partial charge is 0.323 e. The van der Waals surface area contributed by atoms with Crippen LogP contribution in [0.3, 0.4) is 0 Å². The summed E-state index contributed by atoms with van der Waals surface area (Å²) in [6, 6.07) is -0.548. The molecular formula is C12H19N3O3. The van der Waals surface area contributed by atoms with Gasteiger partial charge in [0.25, 0.3) is 0 Å². The largest absolute Gasteiger partial charge is 0.480 e. The monoisotopic (exact) mass is 253 g/mol. The second-order valence-electron chi connectivity index (χ2n) is 4.51. The number of aliphatic carboxylic acids is 1. The van der Waals surface area contributed by atoms with E-state index in [0.717, 1.165) is 18.5 Å². The Morgan fingerprint density at radius 1 is 1.67 bits per heavy atom. The SMILES string of the molecule is CCCn1cc(CN2CCOCC2C(=O)O)cn1. The van der Waals surface area contributed by atoms with Crippen molar-refractivity contribution in [3.63, 3.8) is 0 Å². The van der Waals surface area contributed by atoms with E-state index < -0.39 is 12.0 Å². The van der Waals surface area contributed by atoms with Gasteiger partial charge in [-0.25, -0.2) is 0 Å². The summed E-state index contributed by atoms with van der Waals surface area (Å²) in [5.41, 5.74) is 1.05. The predicted octanol–water partition coefficient (Wildman–Crippen LogP) is 0.578. The lowest BCUT2D eigenvalue weighted by Gasteiger charge is -2.32. The summed E-state index contributed by atoms with van der Waals surface area (Å²) in [7, 11) is 0. The van der Waals surface area contributed by atoms with Crippen molar-refractivity contribution in [3.8, 4) is 0 Å². The Morgan fingerprint density at radius 3 is 3.22 bits per heavy atom. The molecule has 1 aromatic heterocycles. The molecule has 0 bridgehead atoms. The lowest BCUT2D eigenvalue weighted by Crippen LogP contribution is -2.49. The molecule has 18 heavy (non-hydrogen) atoms. The maximum atomic E-state index is 11.1. The zero-order valence-corrected chi connectivity index (χ0v) is 10.6. The molecule has 6 nitrogen and oxygen atoms in total. The van der Waals surface area contributed by atoms with Crippen LogP contribution in [0.2, 0.25) is 0 Å². The lowest BCUT2D eigenvalue weighted by atomic mass is 10.2. The van der Waals surface area contributed by atoms with E-state index in [2.05, 4.69) is 12.0 Å². The molecule has 0 aromatic carbocycles. The van der Waals surface area contributed by atoms with Crippen LogP contribution in [0.25, 0.3) is 0 Å². The van der Waals surface area contributed by atoms with Crippen LogP contribution in [0.15, 0.2) is 12.4 Å². The Hall–Kier alpha value is -1.40. The molecule has 1 unspecified atom stereocenters. The second kappa shape index (κ2) is 5.97. The molecule has 1 aromatic rings. The fourth-order valence-electron chi connectivity index (χ4n) is 2.13. The number of hydrogen-bond acceptors (Lipinski definition) is 4. The molecule has 0 saturated carbocycles. The maximum absolute atomic E-state index is 11.1. The first kappa shape index (κ1) is 13.0. The third kappa shape index (κ3) is 3.08. The Labute approximate surface area is 106 Å². The summed E-state index contributed by atoms with van der Waals surface area (Å²) in [6.45, 7) is 5.11. The van der Waals surface area contributed by atoms with Gasteiger partial charge >= 0.3 is 5.97 Å². The standard InChI is InChI=1S/C12H19N3O3/c1-2-3-15-8-10(6-13-15)7-14-4-5-18-9-11(14)12(16)17/h6,8,11H,2-5,7,9H2,1H3,(H,16,17). The predicted molar refractivity (Wildman–Crippen MR) is 65.2 cm³/mol. The first-order valence-corrected chi connectivity index (χ1v) is 6.26. The van der Waals surface area contributed by atoms with Crippen molar-refractivity contribution >= 4 is 5.97 Å². The molecule has 100 valence electrons. The van der Waals surface area contributed by atoms with Crippen LogP contribution in [0.1, 0.15) is 18.9 Å². The summed E-state index contributed by atoms with van der Waals surface area (Å²) in [5, 5.41) is 13.4. The van der Waals surface area contributed by atoms with Gasteiger partial charge in [0.1, 0.15) is 6.04 Å². The van der Waals surface area contributed by atoms with Gasteiger partial charge in [-0.3, -0.25) is 14.4 Å². The number of hydrogen-bond donors (Lipinski definition) is 1. The summed E-state index contributed by atoms with van der Waals surface area (Å²) in [5.74, 6) is -0.823. The van der Waals surface area contributed by atoms with Gasteiger partial charge in [-0.2, -0.15) is 5.10 Å². The van der Waals surface area contributed by atoms with Crippen LogP contribution < -0.4 is 0 Å². The van der Waals surface area contributed by atoms with Gasteiger partial charge in [0, 0.05) is 31.4 Å². The highest BCUT2D eigenvalue weighted by Gasteiger charge is 2.29. The van der Waals surface area contributed by atoms with E-state index in [9.17, 15) is 4.79 Å². The molecule has 2 rings (SSSR count). The van der Waals surface area contributed by atoms with Gasteiger partial charge in [-0.05, 0) is 6.42 Å². The van der Waals surface area contributed by atoms with Crippen molar-refractivity contribution in [3.05, 3.63) is 18.0 Å². The van der Waals surface area contributed by atoms with Crippen LogP contribution in [-0.4, -0.2) is 51.6 Å². The van der Waals surface area contributed by atoms with Crippen molar-refractivity contribution in [1.29, 1.82) is 0 Å². The van der Waals surface area contributed by atoms with E-state index in [1.54, 1.807) is 0 Å². The first-order valence-electron chi connectivity index (χ1n) is 6.26. The van der Waals surface area contributed by atoms with E-state index in [0.29, 0.717) is 19.7 Å². The van der Waals surface area contributed by atoms with Crippen molar-refractivity contribution < 1.29 is 14.6 Å². The third-order valence-corrected chi connectivity index (χ3v) is 3.05. The summed E-state index contributed by atoms with van der Waals surface area (Å²) < 4.78 is 7.11. The molecule has 1 aliphatic rings. The minimum absolute atomic E-state index is 0.262. The minimum atomic E-state index is -0.823. The number of morpholine rings is 1. The molecule has 1 aliphatic heterocycles. The molecular weight excluding hydrogens is 234 g/mol. The molecule has 6 heteroatoms. The Balaban J connectivity index is 1.99. The average molecular weight is 253 g/mol. The topological polar surface area (TPSA) is 67.6 Å². The van der Waals surface area contributed by atoms with Crippen molar-refractivity contribution in [2.45, 2.75) is 32.5 Å². The van der Waals surface area contributed by atoms with Gasteiger partial charge < -0.3 is 9.84 Å². The Kier molecular flexibility index (Phi) is 4.33. The highest BCUT2D eigenvalue weighted by Crippen LogP contribution is 2.12. The Morgan fingerprint density at radius 2 is 2.50 bits per heavy atom. The summed E-state index contributed by atoms with van der Waals surface area (Å²) in [6.07, 6.45) is 4.83. The highest BCUT2D eigenvalue weighted by atomic mass is 16.5. The number of carbonyl (C=O) groups is 1. The quantitative estimate of drug-likeness (QED) is 0.831. The van der Waals surface area contributed by atoms with E-state index in [1.165, 1.54) is 0 Å². The maximum Gasteiger partial charge on any atom is 0.323 e. The molecule has 0 aliphatic carbocycles. The first-order chi connectivity index (χ1) is 8.70. The van der Waals surface area contributed by atoms with E-state index in [1.807, 2.05) is 22.0 Å². The number of ether oxygens (including phenoxy) is 1. The molecule has 0 radical (unpaired) electrons. The van der Waals surface area contributed by atoms with Crippen LogP contribution in [-0.2, 0) is 22.6 Å². The van der Waals surface area contributed by atoms with Crippen LogP contribution in [0.4, 0.5) is 0 Å². The average Bonchev–Trinajstić information content (AvgIpc) is 2.77. The number of aryl methyl sites for hydroxylation is 1. The normalized spacial score (nSPS) is 21.1. The molecule has 1 saturated heterocycles. The number of aromatic nitrogens is 2. The molecule has 0 amide bonds. The summed E-state index contributed by atoms with van der Waals surface area (Å²) >= 11 is 0. The van der Waals surface area contributed by atoms with Gasteiger partial charge in [0.15, 0.2) is 0 Å². The number of carboxylic acids is 1. The third-order valence-electron chi connectivity index (χ3n) is 3.05. The van der Waals surface area contributed by atoms with E-state index >= 15 is 0 Å². The van der Waals surface area contributed by atoms with E-state index in [4.69, 9.17) is 9.84 Å². The van der Waals surface area contributed by atoms with Gasteiger partial charge in [-0.15, -0.1) is 0 Å². The summed E-state index contributed by atoms with van der Waals surface area (Å²) in [4.78, 5) is 13.0. The molecule has 1 atom stereocenters. The fraction of sp³-hybridized carbons (Fsp3) is 0.667. The Bertz CT molecular complexity index is 405. The second-order valence-corrected chi connectivity index (χ2v) is 4.51. The zero-order chi connectivity index (χ0) is 13.0. The van der Waals surface area contributed by atoms with Crippen LogP contribution in [0.5, 0.6) is 0 Å². The van der Waals surface area contributed by atoms with E-state index in [-0.39, 0.29) is 6.61 Å². The van der Waals surface area contributed by atoms with Crippen molar-refractivity contribution in [1.82, 2.24) is 14.7 Å². The van der Waals surface area contributed by atoms with Crippen molar-refractivity contribution in [2.75, 3.05) is 19.8 Å². The zero-order valence-electron chi connectivity index (χ0n) is 10.6. The lowest BCUT2D eigenvalue weighted by molar-refractivity contribution is -0.150. The molecule has 2 heterocycles. The number of rotatable bonds is 5. The highest BCUT2D eigenvalue weighted by molar-refractivity contribution is 5.73. The van der Waals surface area contributed by atoms with Crippen molar-refractivity contribution in [2.24, 2.45) is 0 Å².